The van der Waals surface area contributed by atoms with E-state index in [-0.39, 0.29) is 6.10 Å². The standard InChI is InChI=1S/C17H23N3O3S/c1-24(21,22)19-9-7-15-13-20(10-11-23-15)12-14-6-8-18-17-5-3-2-4-16(14)17/h2-6,8,15,19H,7,9-13H2,1H3/t15-/m1/s1. The van der Waals surface area contributed by atoms with Crippen LogP contribution in [0.15, 0.2) is 36.5 Å². The van der Waals surface area contributed by atoms with Crippen molar-refractivity contribution in [1.82, 2.24) is 14.6 Å². The van der Waals surface area contributed by atoms with Crippen LogP contribution < -0.4 is 4.72 Å². The first-order valence-electron chi connectivity index (χ1n) is 8.12. The average Bonchev–Trinajstić information content (AvgIpc) is 2.54. The molecule has 24 heavy (non-hydrogen) atoms. The lowest BCUT2D eigenvalue weighted by molar-refractivity contribution is -0.0337. The lowest BCUT2D eigenvalue weighted by atomic mass is 10.1. The average molecular weight is 349 g/mol. The molecular formula is C17H23N3O3S. The fourth-order valence-electron chi connectivity index (χ4n) is 3.04. The Balaban J connectivity index is 1.60. The number of morpholine rings is 1. The van der Waals surface area contributed by atoms with E-state index in [2.05, 4.69) is 26.7 Å². The molecule has 1 atom stereocenters. The van der Waals surface area contributed by atoms with Gasteiger partial charge in [-0.15, -0.1) is 0 Å². The predicted molar refractivity (Wildman–Crippen MR) is 94.2 cm³/mol. The Hall–Kier alpha value is -1.54. The molecule has 1 aliphatic heterocycles. The van der Waals surface area contributed by atoms with Crippen molar-refractivity contribution in [1.29, 1.82) is 0 Å². The van der Waals surface area contributed by atoms with E-state index >= 15 is 0 Å². The molecule has 1 N–H and O–H groups in total. The molecule has 1 aromatic carbocycles. The number of nitrogens with zero attached hydrogens (tertiary/aromatic N) is 2. The predicted octanol–water partition coefficient (Wildman–Crippen LogP) is 1.37. The summed E-state index contributed by atoms with van der Waals surface area (Å²) in [6.45, 7) is 3.62. The lowest BCUT2D eigenvalue weighted by Gasteiger charge is -2.33. The molecule has 3 rings (SSSR count). The maximum Gasteiger partial charge on any atom is 0.208 e. The summed E-state index contributed by atoms with van der Waals surface area (Å²) in [6, 6.07) is 10.2. The number of rotatable bonds is 6. The van der Waals surface area contributed by atoms with Gasteiger partial charge >= 0.3 is 0 Å². The highest BCUT2D eigenvalue weighted by molar-refractivity contribution is 7.88. The van der Waals surface area contributed by atoms with Crippen molar-refractivity contribution < 1.29 is 13.2 Å². The van der Waals surface area contributed by atoms with Crippen LogP contribution in [0, 0.1) is 0 Å². The van der Waals surface area contributed by atoms with E-state index in [1.807, 2.05) is 24.4 Å². The summed E-state index contributed by atoms with van der Waals surface area (Å²) < 4.78 is 30.6. The highest BCUT2D eigenvalue weighted by Crippen LogP contribution is 2.19. The van der Waals surface area contributed by atoms with E-state index in [4.69, 9.17) is 4.74 Å². The Morgan fingerprint density at radius 2 is 2.17 bits per heavy atom. The van der Waals surface area contributed by atoms with Crippen molar-refractivity contribution in [2.75, 3.05) is 32.5 Å². The van der Waals surface area contributed by atoms with Gasteiger partial charge in [0.2, 0.25) is 10.0 Å². The minimum atomic E-state index is -3.14. The number of benzene rings is 1. The summed E-state index contributed by atoms with van der Waals surface area (Å²) in [5.41, 5.74) is 2.27. The number of ether oxygens (including phenoxy) is 1. The van der Waals surface area contributed by atoms with Gasteiger partial charge in [0.25, 0.3) is 0 Å². The summed E-state index contributed by atoms with van der Waals surface area (Å²) in [5, 5.41) is 1.18. The first kappa shape index (κ1) is 17.3. The van der Waals surface area contributed by atoms with Gasteiger partial charge in [-0.3, -0.25) is 9.88 Å². The van der Waals surface area contributed by atoms with Crippen LogP contribution >= 0.6 is 0 Å². The first-order chi connectivity index (χ1) is 11.5. The summed E-state index contributed by atoms with van der Waals surface area (Å²) >= 11 is 0. The number of pyridine rings is 1. The Morgan fingerprint density at radius 3 is 3.00 bits per heavy atom. The van der Waals surface area contributed by atoms with Gasteiger partial charge < -0.3 is 4.74 Å². The summed E-state index contributed by atoms with van der Waals surface area (Å²) in [7, 11) is -3.14. The third-order valence-corrected chi connectivity index (χ3v) is 4.92. The van der Waals surface area contributed by atoms with Crippen LogP contribution in [0.25, 0.3) is 10.9 Å². The zero-order valence-electron chi connectivity index (χ0n) is 13.8. The molecule has 0 saturated carbocycles. The Morgan fingerprint density at radius 1 is 1.33 bits per heavy atom. The maximum absolute atomic E-state index is 11.1. The molecule has 6 nitrogen and oxygen atoms in total. The van der Waals surface area contributed by atoms with E-state index in [1.54, 1.807) is 0 Å². The minimum Gasteiger partial charge on any atom is -0.376 e. The first-order valence-corrected chi connectivity index (χ1v) is 10.0. The van der Waals surface area contributed by atoms with E-state index in [0.717, 1.165) is 25.2 Å². The minimum absolute atomic E-state index is 0.0566. The van der Waals surface area contributed by atoms with Gasteiger partial charge in [0.15, 0.2) is 0 Å². The second-order valence-electron chi connectivity index (χ2n) is 6.17. The molecule has 1 saturated heterocycles. The van der Waals surface area contributed by atoms with E-state index in [1.165, 1.54) is 17.2 Å². The third kappa shape index (κ3) is 4.73. The second-order valence-corrected chi connectivity index (χ2v) is 8.00. The molecule has 7 heteroatoms. The summed E-state index contributed by atoms with van der Waals surface area (Å²) in [5.74, 6) is 0. The van der Waals surface area contributed by atoms with Crippen LogP contribution in [0.4, 0.5) is 0 Å². The van der Waals surface area contributed by atoms with E-state index < -0.39 is 10.0 Å². The molecule has 1 aromatic heterocycles. The number of para-hydroxylation sites is 1. The van der Waals surface area contributed by atoms with Crippen LogP contribution in [0.3, 0.4) is 0 Å². The Kier molecular flexibility index (Phi) is 5.45. The van der Waals surface area contributed by atoms with Gasteiger partial charge in [-0.2, -0.15) is 0 Å². The van der Waals surface area contributed by atoms with Gasteiger partial charge in [0.05, 0.1) is 24.5 Å². The third-order valence-electron chi connectivity index (χ3n) is 4.19. The highest BCUT2D eigenvalue weighted by atomic mass is 32.2. The van der Waals surface area contributed by atoms with Crippen molar-refractivity contribution in [3.05, 3.63) is 42.1 Å². The number of hydrogen-bond acceptors (Lipinski definition) is 5. The smallest absolute Gasteiger partial charge is 0.208 e. The van der Waals surface area contributed by atoms with Crippen LogP contribution in [-0.2, 0) is 21.3 Å². The number of hydrogen-bond donors (Lipinski definition) is 1. The van der Waals surface area contributed by atoms with Gasteiger partial charge in [-0.1, -0.05) is 18.2 Å². The molecule has 2 heterocycles. The Bertz CT molecular complexity index is 789. The van der Waals surface area contributed by atoms with Crippen LogP contribution in [-0.4, -0.2) is 56.9 Å². The summed E-state index contributed by atoms with van der Waals surface area (Å²) in [4.78, 5) is 6.76. The molecule has 0 unspecified atom stereocenters. The van der Waals surface area contributed by atoms with Crippen molar-refractivity contribution in [3.63, 3.8) is 0 Å². The molecule has 130 valence electrons. The number of sulfonamides is 1. The fraction of sp³-hybridized carbons (Fsp3) is 0.471. The van der Waals surface area contributed by atoms with Gasteiger partial charge in [-0.05, 0) is 24.1 Å². The molecule has 0 amide bonds. The topological polar surface area (TPSA) is 71.5 Å². The van der Waals surface area contributed by atoms with Gasteiger partial charge in [0.1, 0.15) is 0 Å². The van der Waals surface area contributed by atoms with Crippen LogP contribution in [0.5, 0.6) is 0 Å². The molecule has 2 aromatic rings. The van der Waals surface area contributed by atoms with Crippen molar-refractivity contribution in [3.8, 4) is 0 Å². The van der Waals surface area contributed by atoms with Gasteiger partial charge in [-0.25, -0.2) is 13.1 Å². The normalized spacial score (nSPS) is 19.6. The molecule has 0 radical (unpaired) electrons. The van der Waals surface area contributed by atoms with Crippen LogP contribution in [0.1, 0.15) is 12.0 Å². The fourth-order valence-corrected chi connectivity index (χ4v) is 3.53. The monoisotopic (exact) mass is 349 g/mol. The van der Waals surface area contributed by atoms with Crippen molar-refractivity contribution >= 4 is 20.9 Å². The zero-order chi connectivity index (χ0) is 17.0. The SMILES string of the molecule is CS(=O)(=O)NCC[C@@H]1CN(Cc2ccnc3ccccc23)CCO1. The van der Waals surface area contributed by atoms with E-state index in [0.29, 0.717) is 19.6 Å². The van der Waals surface area contributed by atoms with E-state index in [9.17, 15) is 8.42 Å². The quantitative estimate of drug-likeness (QED) is 0.853. The number of aromatic nitrogens is 1. The number of nitrogens with one attached hydrogen (secondary N) is 1. The van der Waals surface area contributed by atoms with Gasteiger partial charge in [0, 0.05) is 37.8 Å². The molecule has 0 bridgehead atoms. The van der Waals surface area contributed by atoms with Crippen LogP contribution in [0.2, 0.25) is 0 Å². The maximum atomic E-state index is 11.1. The molecule has 0 spiro atoms. The zero-order valence-corrected chi connectivity index (χ0v) is 14.6. The van der Waals surface area contributed by atoms with Crippen molar-refractivity contribution in [2.24, 2.45) is 0 Å². The molecule has 1 fully saturated rings. The molecule has 0 aliphatic carbocycles. The largest absolute Gasteiger partial charge is 0.376 e. The molecular weight excluding hydrogens is 326 g/mol. The second kappa shape index (κ2) is 7.57. The lowest BCUT2D eigenvalue weighted by Crippen LogP contribution is -2.43. The Labute approximate surface area is 142 Å². The summed E-state index contributed by atoms with van der Waals surface area (Å²) in [6.07, 6.45) is 3.77. The number of fused-ring (bicyclic) bond motifs is 1. The highest BCUT2D eigenvalue weighted by Gasteiger charge is 2.21. The van der Waals surface area contributed by atoms with Crippen molar-refractivity contribution in [2.45, 2.75) is 19.1 Å². The molecule has 1 aliphatic rings.